The summed E-state index contributed by atoms with van der Waals surface area (Å²) >= 11 is 0. The minimum absolute atomic E-state index is 0.525. The van der Waals surface area contributed by atoms with Crippen LogP contribution in [-0.4, -0.2) is 24.5 Å². The van der Waals surface area contributed by atoms with Crippen molar-refractivity contribution in [2.45, 2.75) is 0 Å². The van der Waals surface area contributed by atoms with E-state index in [1.807, 2.05) is 30.3 Å². The SMILES string of the molecule is c1ccc(-c2ccc3cc(-c4nc(-c5ccc6c(-n7c8ccccc8c8ccc(-c9ccccc9)cc87)cccc6c5)nc(-c5cccc6c5oc5ncccc56)n4)ccc3c2)cc1. The monoisotopic (exact) mass is 817 g/mol. The molecule has 0 fully saturated rings. The number of furan rings is 1. The summed E-state index contributed by atoms with van der Waals surface area (Å²) in [5.41, 5.74) is 12.0. The van der Waals surface area contributed by atoms with Gasteiger partial charge in [0.05, 0.1) is 22.3 Å². The number of para-hydroxylation sites is 2. The fourth-order valence-corrected chi connectivity index (χ4v) is 9.40. The van der Waals surface area contributed by atoms with Crippen LogP contribution in [0.5, 0.6) is 0 Å². The average molecular weight is 818 g/mol. The number of benzene rings is 9. The van der Waals surface area contributed by atoms with Gasteiger partial charge in [0.15, 0.2) is 17.5 Å². The van der Waals surface area contributed by atoms with Gasteiger partial charge in [0.2, 0.25) is 5.71 Å². The van der Waals surface area contributed by atoms with Crippen molar-refractivity contribution >= 4 is 65.4 Å². The summed E-state index contributed by atoms with van der Waals surface area (Å²) < 4.78 is 8.83. The van der Waals surface area contributed by atoms with Gasteiger partial charge in [0.25, 0.3) is 0 Å². The molecule has 0 bridgehead atoms. The Hall–Kier alpha value is -8.74. The molecule has 9 aromatic carbocycles. The number of rotatable bonds is 6. The molecule has 0 aliphatic rings. The third-order valence-electron chi connectivity index (χ3n) is 12.5. The van der Waals surface area contributed by atoms with Crippen LogP contribution in [0.4, 0.5) is 0 Å². The van der Waals surface area contributed by atoms with Crippen LogP contribution in [0.1, 0.15) is 0 Å². The second-order valence-electron chi connectivity index (χ2n) is 16.3. The summed E-state index contributed by atoms with van der Waals surface area (Å²) in [6.45, 7) is 0. The maximum Gasteiger partial charge on any atom is 0.227 e. The van der Waals surface area contributed by atoms with Gasteiger partial charge in [-0.1, -0.05) is 152 Å². The van der Waals surface area contributed by atoms with Crippen LogP contribution in [0.3, 0.4) is 0 Å². The van der Waals surface area contributed by atoms with E-state index in [0.29, 0.717) is 28.8 Å². The summed E-state index contributed by atoms with van der Waals surface area (Å²) in [7, 11) is 0. The lowest BCUT2D eigenvalue weighted by atomic mass is 10.00. The summed E-state index contributed by atoms with van der Waals surface area (Å²) in [6, 6.07) is 72.7. The molecule has 0 radical (unpaired) electrons. The van der Waals surface area contributed by atoms with E-state index in [0.717, 1.165) is 65.7 Å². The Labute approximate surface area is 367 Å². The molecule has 0 saturated carbocycles. The number of hydrogen-bond donors (Lipinski definition) is 0. The van der Waals surface area contributed by atoms with Gasteiger partial charge in [0.1, 0.15) is 5.58 Å². The standard InChI is InChI=1S/C58H35N5O/c1-3-12-36(13-4-1)38-23-24-40-33-43(26-25-39(40)32-38)55-60-56(62-57(61-55)50-19-10-18-48-49-20-11-31-59-58(49)64-54(48)50)44-28-29-45-42(34-44)16-9-22-51(45)63-52-21-8-7-17-46(52)47-30-27-41(35-53(47)63)37-14-5-2-6-15-37/h1-35H. The number of hydrogen-bond acceptors (Lipinski definition) is 5. The molecule has 4 aromatic heterocycles. The van der Waals surface area contributed by atoms with E-state index in [2.05, 4.69) is 185 Å². The summed E-state index contributed by atoms with van der Waals surface area (Å²) in [5.74, 6) is 1.67. The normalized spacial score (nSPS) is 11.8. The first-order chi connectivity index (χ1) is 31.7. The highest BCUT2D eigenvalue weighted by Crippen LogP contribution is 2.39. The fourth-order valence-electron chi connectivity index (χ4n) is 9.40. The Morgan fingerprint density at radius 3 is 1.72 bits per heavy atom. The molecular weight excluding hydrogens is 783 g/mol. The molecule has 13 aromatic rings. The second-order valence-corrected chi connectivity index (χ2v) is 16.3. The van der Waals surface area contributed by atoms with Crippen molar-refractivity contribution in [1.29, 1.82) is 0 Å². The third-order valence-corrected chi connectivity index (χ3v) is 12.5. The minimum Gasteiger partial charge on any atom is -0.437 e. The molecule has 0 aliphatic heterocycles. The van der Waals surface area contributed by atoms with E-state index in [1.165, 1.54) is 33.0 Å². The van der Waals surface area contributed by atoms with Crippen LogP contribution in [0.15, 0.2) is 217 Å². The lowest BCUT2D eigenvalue weighted by Crippen LogP contribution is -2.01. The molecule has 0 atom stereocenters. The van der Waals surface area contributed by atoms with E-state index < -0.39 is 0 Å². The molecule has 6 heteroatoms. The van der Waals surface area contributed by atoms with Crippen molar-refractivity contribution < 1.29 is 4.42 Å². The Morgan fingerprint density at radius 1 is 0.344 bits per heavy atom. The topological polar surface area (TPSA) is 69.6 Å². The molecule has 6 nitrogen and oxygen atoms in total. The quantitative estimate of drug-likeness (QED) is 0.167. The zero-order chi connectivity index (χ0) is 42.1. The summed E-state index contributed by atoms with van der Waals surface area (Å²) in [5, 5.41) is 8.79. The Kier molecular flexibility index (Phi) is 8.11. The van der Waals surface area contributed by atoms with E-state index in [4.69, 9.17) is 19.4 Å². The van der Waals surface area contributed by atoms with Gasteiger partial charge in [-0.15, -0.1) is 0 Å². The predicted molar refractivity (Wildman–Crippen MR) is 261 cm³/mol. The van der Waals surface area contributed by atoms with Crippen molar-refractivity contribution in [1.82, 2.24) is 24.5 Å². The van der Waals surface area contributed by atoms with Crippen molar-refractivity contribution in [2.75, 3.05) is 0 Å². The highest BCUT2D eigenvalue weighted by atomic mass is 16.3. The largest absolute Gasteiger partial charge is 0.437 e. The van der Waals surface area contributed by atoms with Crippen LogP contribution in [0, 0.1) is 0 Å². The first-order valence-electron chi connectivity index (χ1n) is 21.4. The molecule has 4 heterocycles. The second kappa shape index (κ2) is 14.4. The predicted octanol–water partition coefficient (Wildman–Crippen LogP) is 14.9. The summed E-state index contributed by atoms with van der Waals surface area (Å²) in [4.78, 5) is 20.1. The molecule has 0 aliphatic carbocycles. The minimum atomic E-state index is 0.525. The van der Waals surface area contributed by atoms with E-state index in [9.17, 15) is 0 Å². The van der Waals surface area contributed by atoms with Crippen LogP contribution in [-0.2, 0) is 0 Å². The van der Waals surface area contributed by atoms with Crippen LogP contribution >= 0.6 is 0 Å². The van der Waals surface area contributed by atoms with E-state index >= 15 is 0 Å². The zero-order valence-electron chi connectivity index (χ0n) is 34.4. The Morgan fingerprint density at radius 2 is 0.922 bits per heavy atom. The molecule has 64 heavy (non-hydrogen) atoms. The Bertz CT molecular complexity index is 3960. The van der Waals surface area contributed by atoms with Gasteiger partial charge >= 0.3 is 0 Å². The molecule has 0 unspecified atom stereocenters. The van der Waals surface area contributed by atoms with Gasteiger partial charge in [-0.3, -0.25) is 0 Å². The zero-order valence-corrected chi connectivity index (χ0v) is 34.4. The number of pyridine rings is 1. The molecule has 0 N–H and O–H groups in total. The van der Waals surface area contributed by atoms with Crippen LogP contribution in [0.25, 0.3) is 128 Å². The molecule has 298 valence electrons. The van der Waals surface area contributed by atoms with Gasteiger partial charge in [0, 0.05) is 44.3 Å². The van der Waals surface area contributed by atoms with Crippen molar-refractivity contribution in [3.05, 3.63) is 212 Å². The fraction of sp³-hybridized carbons (Fsp3) is 0. The van der Waals surface area contributed by atoms with Gasteiger partial charge in [-0.25, -0.2) is 19.9 Å². The maximum absolute atomic E-state index is 6.42. The lowest BCUT2D eigenvalue weighted by molar-refractivity contribution is 0.654. The van der Waals surface area contributed by atoms with Crippen molar-refractivity contribution in [3.8, 4) is 62.1 Å². The maximum atomic E-state index is 6.42. The number of aromatic nitrogens is 5. The van der Waals surface area contributed by atoms with Gasteiger partial charge in [-0.2, -0.15) is 0 Å². The first-order valence-corrected chi connectivity index (χ1v) is 21.4. The average Bonchev–Trinajstić information content (AvgIpc) is 3.92. The van der Waals surface area contributed by atoms with Crippen molar-refractivity contribution in [3.63, 3.8) is 0 Å². The summed E-state index contributed by atoms with van der Waals surface area (Å²) in [6.07, 6.45) is 1.75. The molecule has 0 spiro atoms. The van der Waals surface area contributed by atoms with Gasteiger partial charge in [-0.05, 0) is 93.0 Å². The molecule has 0 saturated heterocycles. The van der Waals surface area contributed by atoms with E-state index in [1.54, 1.807) is 6.20 Å². The third kappa shape index (κ3) is 5.88. The van der Waals surface area contributed by atoms with Crippen LogP contribution < -0.4 is 0 Å². The highest BCUT2D eigenvalue weighted by molar-refractivity contribution is 6.12. The number of fused-ring (bicyclic) bond motifs is 8. The Balaban J connectivity index is 0.982. The molecular formula is C58H35N5O. The van der Waals surface area contributed by atoms with E-state index in [-0.39, 0.29) is 0 Å². The van der Waals surface area contributed by atoms with Gasteiger partial charge < -0.3 is 8.98 Å². The molecule has 13 rings (SSSR count). The van der Waals surface area contributed by atoms with Crippen molar-refractivity contribution in [2.24, 2.45) is 0 Å². The smallest absolute Gasteiger partial charge is 0.227 e. The van der Waals surface area contributed by atoms with Crippen LogP contribution in [0.2, 0.25) is 0 Å². The molecule has 0 amide bonds. The first kappa shape index (κ1) is 36.0. The lowest BCUT2D eigenvalue weighted by Gasteiger charge is -2.14. The highest BCUT2D eigenvalue weighted by Gasteiger charge is 2.20. The number of nitrogens with zero attached hydrogens (tertiary/aromatic N) is 5.